The van der Waals surface area contributed by atoms with Gasteiger partial charge in [0.1, 0.15) is 0 Å². The van der Waals surface area contributed by atoms with Crippen LogP contribution in [0.1, 0.15) is 11.1 Å². The Labute approximate surface area is 157 Å². The average Bonchev–Trinajstić information content (AvgIpc) is 2.66. The Morgan fingerprint density at radius 2 is 1.81 bits per heavy atom. The zero-order chi connectivity index (χ0) is 18.4. The number of thiocarbonyl (C=S) groups is 1. The van der Waals surface area contributed by atoms with Crippen LogP contribution in [0.3, 0.4) is 0 Å². The van der Waals surface area contributed by atoms with Gasteiger partial charge in [-0.2, -0.15) is 0 Å². The van der Waals surface area contributed by atoms with Gasteiger partial charge in [0.2, 0.25) is 5.91 Å². The number of carbonyl (C=O) groups excluding carboxylic acids is 1. The molecule has 3 rings (SSSR count). The number of benzene rings is 3. The van der Waals surface area contributed by atoms with E-state index in [0.717, 1.165) is 21.9 Å². The number of aliphatic hydroxyl groups is 1. The summed E-state index contributed by atoms with van der Waals surface area (Å²) < 4.78 is 0. The Morgan fingerprint density at radius 3 is 2.65 bits per heavy atom. The number of aliphatic hydroxyl groups excluding tert-OH is 1. The smallest absolute Gasteiger partial charge is 0.250 e. The van der Waals surface area contributed by atoms with E-state index in [0.29, 0.717) is 5.69 Å². The van der Waals surface area contributed by atoms with Crippen molar-refractivity contribution in [3.8, 4) is 0 Å². The van der Waals surface area contributed by atoms with Crippen LogP contribution < -0.4 is 10.6 Å². The van der Waals surface area contributed by atoms with Gasteiger partial charge < -0.3 is 10.4 Å². The molecule has 0 saturated carbocycles. The predicted molar refractivity (Wildman–Crippen MR) is 110 cm³/mol. The van der Waals surface area contributed by atoms with Crippen molar-refractivity contribution < 1.29 is 9.90 Å². The fourth-order valence-electron chi connectivity index (χ4n) is 2.62. The van der Waals surface area contributed by atoms with Crippen molar-refractivity contribution in [1.29, 1.82) is 0 Å². The topological polar surface area (TPSA) is 61.4 Å². The summed E-state index contributed by atoms with van der Waals surface area (Å²) in [5.74, 6) is -0.311. The van der Waals surface area contributed by atoms with Crippen LogP contribution in [0.2, 0.25) is 0 Å². The molecule has 26 heavy (non-hydrogen) atoms. The minimum Gasteiger partial charge on any atom is -0.392 e. The lowest BCUT2D eigenvalue weighted by molar-refractivity contribution is -0.115. The van der Waals surface area contributed by atoms with Crippen molar-refractivity contribution >= 4 is 45.8 Å². The van der Waals surface area contributed by atoms with Gasteiger partial charge in [-0.15, -0.1) is 0 Å². The molecule has 3 aromatic rings. The fourth-order valence-corrected chi connectivity index (χ4v) is 2.84. The number of carbonyl (C=O) groups is 1. The Kier molecular flexibility index (Phi) is 5.73. The molecule has 3 aromatic carbocycles. The largest absolute Gasteiger partial charge is 0.392 e. The van der Waals surface area contributed by atoms with Crippen LogP contribution in [-0.2, 0) is 11.4 Å². The molecule has 0 heterocycles. The molecule has 0 bridgehead atoms. The minimum absolute atomic E-state index is 0.0532. The molecule has 5 heteroatoms. The van der Waals surface area contributed by atoms with E-state index < -0.39 is 0 Å². The van der Waals surface area contributed by atoms with Crippen molar-refractivity contribution in [2.75, 3.05) is 5.32 Å². The number of rotatable bonds is 4. The number of hydrogen-bond donors (Lipinski definition) is 3. The van der Waals surface area contributed by atoms with Crippen LogP contribution in [0, 0.1) is 0 Å². The summed E-state index contributed by atoms with van der Waals surface area (Å²) in [6.07, 6.45) is 3.23. The summed E-state index contributed by atoms with van der Waals surface area (Å²) in [6.45, 7) is -0.0532. The SMILES string of the molecule is O=C(/C=C/c1cccc2ccccc12)NC(=S)Nc1cccc(CO)c1. The molecule has 0 aliphatic heterocycles. The third kappa shape index (κ3) is 4.53. The second-order valence-corrected chi connectivity index (χ2v) is 6.11. The van der Waals surface area contributed by atoms with E-state index in [9.17, 15) is 4.79 Å². The number of amides is 1. The molecule has 0 saturated heterocycles. The molecular formula is C21H18N2O2S. The molecule has 1 amide bonds. The Bertz CT molecular complexity index is 977. The van der Waals surface area contributed by atoms with Gasteiger partial charge in [-0.1, -0.05) is 54.6 Å². The van der Waals surface area contributed by atoms with E-state index in [4.69, 9.17) is 17.3 Å². The predicted octanol–water partition coefficient (Wildman–Crippen LogP) is 3.86. The normalized spacial score (nSPS) is 10.8. The van der Waals surface area contributed by atoms with Crippen LogP contribution >= 0.6 is 12.2 Å². The van der Waals surface area contributed by atoms with E-state index in [1.54, 1.807) is 24.3 Å². The molecule has 3 N–H and O–H groups in total. The lowest BCUT2D eigenvalue weighted by atomic mass is 10.0. The van der Waals surface area contributed by atoms with E-state index in [2.05, 4.69) is 10.6 Å². The van der Waals surface area contributed by atoms with Crippen molar-refractivity contribution in [2.45, 2.75) is 6.61 Å². The minimum atomic E-state index is -0.311. The van der Waals surface area contributed by atoms with Crippen LogP contribution in [0.15, 0.2) is 72.8 Å². The van der Waals surface area contributed by atoms with Gasteiger partial charge in [-0.25, -0.2) is 0 Å². The third-order valence-corrected chi connectivity index (χ3v) is 4.05. The van der Waals surface area contributed by atoms with Gasteiger partial charge in [0.15, 0.2) is 5.11 Å². The second-order valence-electron chi connectivity index (χ2n) is 5.70. The summed E-state index contributed by atoms with van der Waals surface area (Å²) in [6, 6.07) is 21.2. The molecule has 0 aromatic heterocycles. The van der Waals surface area contributed by atoms with E-state index in [1.807, 2.05) is 48.5 Å². The highest BCUT2D eigenvalue weighted by Gasteiger charge is 2.03. The van der Waals surface area contributed by atoms with Gasteiger partial charge >= 0.3 is 0 Å². The van der Waals surface area contributed by atoms with Crippen LogP contribution in [0.25, 0.3) is 16.8 Å². The summed E-state index contributed by atoms with van der Waals surface area (Å²) in [4.78, 5) is 12.1. The molecule has 0 unspecified atom stereocenters. The van der Waals surface area contributed by atoms with Crippen molar-refractivity contribution in [3.63, 3.8) is 0 Å². The average molecular weight is 362 g/mol. The van der Waals surface area contributed by atoms with Gasteiger partial charge in [0.25, 0.3) is 0 Å². The molecule has 0 aliphatic carbocycles. The number of fused-ring (bicyclic) bond motifs is 1. The lowest BCUT2D eigenvalue weighted by Crippen LogP contribution is -2.32. The van der Waals surface area contributed by atoms with E-state index >= 15 is 0 Å². The standard InChI is InChI=1S/C21H18N2O2S/c24-14-15-5-3-9-18(13-15)22-21(26)23-20(25)12-11-17-8-4-7-16-6-1-2-10-19(16)17/h1-13,24H,14H2,(H2,22,23,25,26)/b12-11+. The maximum absolute atomic E-state index is 12.1. The highest BCUT2D eigenvalue weighted by Crippen LogP contribution is 2.19. The molecule has 130 valence electrons. The molecule has 0 radical (unpaired) electrons. The molecule has 0 aliphatic rings. The van der Waals surface area contributed by atoms with E-state index in [-0.39, 0.29) is 17.6 Å². The monoisotopic (exact) mass is 362 g/mol. The van der Waals surface area contributed by atoms with Gasteiger partial charge in [0, 0.05) is 11.8 Å². The van der Waals surface area contributed by atoms with Gasteiger partial charge in [-0.05, 0) is 52.3 Å². The molecule has 4 nitrogen and oxygen atoms in total. The Morgan fingerprint density at radius 1 is 1.04 bits per heavy atom. The molecule has 0 fully saturated rings. The molecule has 0 atom stereocenters. The zero-order valence-electron chi connectivity index (χ0n) is 14.0. The number of nitrogens with one attached hydrogen (secondary N) is 2. The van der Waals surface area contributed by atoms with Gasteiger partial charge in [0.05, 0.1) is 6.61 Å². The first-order chi connectivity index (χ1) is 12.7. The first kappa shape index (κ1) is 17.8. The summed E-state index contributed by atoms with van der Waals surface area (Å²) in [5.41, 5.74) is 2.44. The Balaban J connectivity index is 1.64. The number of anilines is 1. The first-order valence-electron chi connectivity index (χ1n) is 8.13. The van der Waals surface area contributed by atoms with E-state index in [1.165, 1.54) is 6.08 Å². The van der Waals surface area contributed by atoms with Crippen LogP contribution in [0.4, 0.5) is 5.69 Å². The molecule has 0 spiro atoms. The highest BCUT2D eigenvalue weighted by atomic mass is 32.1. The van der Waals surface area contributed by atoms with Crippen LogP contribution in [0.5, 0.6) is 0 Å². The van der Waals surface area contributed by atoms with Crippen molar-refractivity contribution in [3.05, 3.63) is 83.9 Å². The highest BCUT2D eigenvalue weighted by molar-refractivity contribution is 7.80. The lowest BCUT2D eigenvalue weighted by Gasteiger charge is -2.09. The van der Waals surface area contributed by atoms with Crippen molar-refractivity contribution in [2.24, 2.45) is 0 Å². The summed E-state index contributed by atoms with van der Waals surface area (Å²) in [7, 11) is 0. The maximum atomic E-state index is 12.1. The zero-order valence-corrected chi connectivity index (χ0v) is 14.8. The summed E-state index contributed by atoms with van der Waals surface area (Å²) >= 11 is 5.16. The fraction of sp³-hybridized carbons (Fsp3) is 0.0476. The number of hydrogen-bond acceptors (Lipinski definition) is 3. The second kappa shape index (κ2) is 8.38. The molecular weight excluding hydrogens is 344 g/mol. The van der Waals surface area contributed by atoms with Crippen LogP contribution in [-0.4, -0.2) is 16.1 Å². The quantitative estimate of drug-likeness (QED) is 0.487. The van der Waals surface area contributed by atoms with Crippen molar-refractivity contribution in [1.82, 2.24) is 5.32 Å². The Hall–Kier alpha value is -3.02. The first-order valence-corrected chi connectivity index (χ1v) is 8.54. The summed E-state index contributed by atoms with van der Waals surface area (Å²) in [5, 5.41) is 17.1. The van der Waals surface area contributed by atoms with Gasteiger partial charge in [-0.3, -0.25) is 10.1 Å². The maximum Gasteiger partial charge on any atom is 0.250 e. The third-order valence-electron chi connectivity index (χ3n) is 3.84.